The fourth-order valence-corrected chi connectivity index (χ4v) is 2.74. The lowest BCUT2D eigenvalue weighted by molar-refractivity contribution is 0.0696. The van der Waals surface area contributed by atoms with Crippen molar-refractivity contribution >= 4 is 15.8 Å². The normalized spacial score (nSPS) is 10.9. The molecule has 0 unspecified atom stereocenters. The molecule has 7 heteroatoms. The number of hydrogen-bond donors (Lipinski definition) is 1. The second-order valence-electron chi connectivity index (χ2n) is 3.53. The standard InChI is InChI=1S/C11H10FNO4S/c12-9-4-3-8(11(14)15)7-10(9)18(16,17)6-2-1-5-13/h3-4,7H,1-2,6H2,(H,14,15). The van der Waals surface area contributed by atoms with Gasteiger partial charge in [-0.25, -0.2) is 17.6 Å². The molecule has 1 N–H and O–H groups in total. The van der Waals surface area contributed by atoms with Crippen LogP contribution in [0, 0.1) is 17.1 Å². The lowest BCUT2D eigenvalue weighted by Gasteiger charge is -2.05. The molecule has 0 saturated carbocycles. The van der Waals surface area contributed by atoms with Gasteiger partial charge in [0.15, 0.2) is 9.84 Å². The maximum Gasteiger partial charge on any atom is 0.335 e. The Labute approximate surface area is 103 Å². The predicted molar refractivity (Wildman–Crippen MR) is 60.3 cm³/mol. The van der Waals surface area contributed by atoms with E-state index in [0.717, 1.165) is 18.2 Å². The number of carboxylic acid groups (broad SMARTS) is 1. The number of carboxylic acids is 1. The zero-order valence-corrected chi connectivity index (χ0v) is 10.1. The van der Waals surface area contributed by atoms with Crippen molar-refractivity contribution < 1.29 is 22.7 Å². The molecule has 0 aliphatic carbocycles. The van der Waals surface area contributed by atoms with Crippen molar-refractivity contribution in [2.45, 2.75) is 17.7 Å². The van der Waals surface area contributed by atoms with E-state index < -0.39 is 26.5 Å². The monoisotopic (exact) mass is 271 g/mol. The van der Waals surface area contributed by atoms with Crippen LogP contribution in [0.2, 0.25) is 0 Å². The number of hydrogen-bond acceptors (Lipinski definition) is 4. The first-order chi connectivity index (χ1) is 8.38. The molecular formula is C11H10FNO4S. The average molecular weight is 271 g/mol. The maximum atomic E-state index is 13.4. The van der Waals surface area contributed by atoms with Crippen molar-refractivity contribution in [3.63, 3.8) is 0 Å². The fraction of sp³-hybridized carbons (Fsp3) is 0.273. The Balaban J connectivity index is 3.12. The number of rotatable bonds is 5. The van der Waals surface area contributed by atoms with Gasteiger partial charge in [-0.1, -0.05) is 0 Å². The Bertz CT molecular complexity index is 604. The topological polar surface area (TPSA) is 95.2 Å². The van der Waals surface area contributed by atoms with Crippen molar-refractivity contribution in [2.24, 2.45) is 0 Å². The number of aromatic carboxylic acids is 1. The van der Waals surface area contributed by atoms with Crippen molar-refractivity contribution in [3.8, 4) is 6.07 Å². The van der Waals surface area contributed by atoms with Gasteiger partial charge in [0.1, 0.15) is 10.7 Å². The number of nitriles is 1. The molecule has 1 rings (SSSR count). The molecule has 0 saturated heterocycles. The van der Waals surface area contributed by atoms with Crippen LogP contribution in [0.25, 0.3) is 0 Å². The molecular weight excluding hydrogens is 261 g/mol. The highest BCUT2D eigenvalue weighted by Gasteiger charge is 2.20. The van der Waals surface area contributed by atoms with Crippen LogP contribution in [0.5, 0.6) is 0 Å². The number of sulfone groups is 1. The van der Waals surface area contributed by atoms with Gasteiger partial charge in [0.05, 0.1) is 17.4 Å². The Morgan fingerprint density at radius 1 is 1.44 bits per heavy atom. The quantitative estimate of drug-likeness (QED) is 0.821. The molecule has 0 aliphatic heterocycles. The Kier molecular flexibility index (Phi) is 4.39. The highest BCUT2D eigenvalue weighted by atomic mass is 32.2. The van der Waals surface area contributed by atoms with Crippen molar-refractivity contribution in [1.29, 1.82) is 5.26 Å². The smallest absolute Gasteiger partial charge is 0.335 e. The molecule has 0 aliphatic rings. The molecule has 1 aromatic carbocycles. The van der Waals surface area contributed by atoms with Gasteiger partial charge in [0.2, 0.25) is 0 Å². The summed E-state index contributed by atoms with van der Waals surface area (Å²) in [7, 11) is -3.91. The van der Waals surface area contributed by atoms with E-state index in [0.29, 0.717) is 0 Å². The number of carbonyl (C=O) groups is 1. The molecule has 0 radical (unpaired) electrons. The molecule has 96 valence electrons. The SMILES string of the molecule is N#CCCCS(=O)(=O)c1cc(C(=O)O)ccc1F. The van der Waals surface area contributed by atoms with Crippen LogP contribution in [-0.2, 0) is 9.84 Å². The number of unbranched alkanes of at least 4 members (excludes halogenated alkanes) is 1. The molecule has 5 nitrogen and oxygen atoms in total. The van der Waals surface area contributed by atoms with Gasteiger partial charge in [-0.2, -0.15) is 5.26 Å². The number of nitrogens with zero attached hydrogens (tertiary/aromatic N) is 1. The average Bonchev–Trinajstić information content (AvgIpc) is 2.29. The van der Waals surface area contributed by atoms with Gasteiger partial charge in [-0.3, -0.25) is 0 Å². The van der Waals surface area contributed by atoms with Crippen LogP contribution in [0.4, 0.5) is 4.39 Å². The van der Waals surface area contributed by atoms with Gasteiger partial charge >= 0.3 is 5.97 Å². The predicted octanol–water partition coefficient (Wildman–Crippen LogP) is 1.60. The second-order valence-corrected chi connectivity index (χ2v) is 5.61. The first kappa shape index (κ1) is 14.1. The van der Waals surface area contributed by atoms with Gasteiger partial charge in [-0.15, -0.1) is 0 Å². The number of halogens is 1. The van der Waals surface area contributed by atoms with E-state index in [1.165, 1.54) is 0 Å². The zero-order chi connectivity index (χ0) is 13.8. The second kappa shape index (κ2) is 5.60. The largest absolute Gasteiger partial charge is 0.478 e. The van der Waals surface area contributed by atoms with Gasteiger partial charge in [-0.05, 0) is 24.6 Å². The summed E-state index contributed by atoms with van der Waals surface area (Å²) in [4.78, 5) is 10.1. The van der Waals surface area contributed by atoms with E-state index in [2.05, 4.69) is 0 Å². The summed E-state index contributed by atoms with van der Waals surface area (Å²) in [6.07, 6.45) is 0.120. The Morgan fingerprint density at radius 2 is 2.11 bits per heavy atom. The summed E-state index contributed by atoms with van der Waals surface area (Å²) in [6.45, 7) is 0. The molecule has 0 atom stereocenters. The van der Waals surface area contributed by atoms with Crippen molar-refractivity contribution in [3.05, 3.63) is 29.6 Å². The number of benzene rings is 1. The molecule has 0 heterocycles. The van der Waals surface area contributed by atoms with E-state index in [1.807, 2.05) is 0 Å². The third-order valence-electron chi connectivity index (χ3n) is 2.21. The Hall–Kier alpha value is -1.94. The Morgan fingerprint density at radius 3 is 2.67 bits per heavy atom. The molecule has 0 aromatic heterocycles. The maximum absolute atomic E-state index is 13.4. The van der Waals surface area contributed by atoms with Crippen LogP contribution < -0.4 is 0 Å². The van der Waals surface area contributed by atoms with E-state index in [1.54, 1.807) is 6.07 Å². The van der Waals surface area contributed by atoms with Crippen molar-refractivity contribution in [1.82, 2.24) is 0 Å². The van der Waals surface area contributed by atoms with Gasteiger partial charge in [0.25, 0.3) is 0 Å². The molecule has 0 amide bonds. The summed E-state index contributed by atoms with van der Waals surface area (Å²) < 4.78 is 36.9. The van der Waals surface area contributed by atoms with Crippen LogP contribution in [0.1, 0.15) is 23.2 Å². The van der Waals surface area contributed by atoms with Crippen LogP contribution in [0.3, 0.4) is 0 Å². The molecule has 0 spiro atoms. The summed E-state index contributed by atoms with van der Waals surface area (Å²) in [6, 6.07) is 4.37. The van der Waals surface area contributed by atoms with Gasteiger partial charge in [0, 0.05) is 6.42 Å². The van der Waals surface area contributed by atoms with Crippen molar-refractivity contribution in [2.75, 3.05) is 5.75 Å². The van der Waals surface area contributed by atoms with Crippen LogP contribution in [-0.4, -0.2) is 25.2 Å². The molecule has 0 bridgehead atoms. The highest BCUT2D eigenvalue weighted by molar-refractivity contribution is 7.91. The fourth-order valence-electron chi connectivity index (χ4n) is 1.33. The highest BCUT2D eigenvalue weighted by Crippen LogP contribution is 2.19. The van der Waals surface area contributed by atoms with Crippen LogP contribution >= 0.6 is 0 Å². The lowest BCUT2D eigenvalue weighted by atomic mass is 10.2. The molecule has 1 aromatic rings. The van der Waals surface area contributed by atoms with Crippen LogP contribution in [0.15, 0.2) is 23.1 Å². The minimum Gasteiger partial charge on any atom is -0.478 e. The van der Waals surface area contributed by atoms with Gasteiger partial charge < -0.3 is 5.11 Å². The first-order valence-corrected chi connectivity index (χ1v) is 6.66. The summed E-state index contributed by atoms with van der Waals surface area (Å²) in [5, 5.41) is 17.0. The minimum absolute atomic E-state index is 0.0411. The van der Waals surface area contributed by atoms with E-state index >= 15 is 0 Å². The molecule has 0 fully saturated rings. The third kappa shape index (κ3) is 3.28. The van der Waals surface area contributed by atoms with E-state index in [9.17, 15) is 17.6 Å². The first-order valence-electron chi connectivity index (χ1n) is 5.01. The van der Waals surface area contributed by atoms with E-state index in [4.69, 9.17) is 10.4 Å². The summed E-state index contributed by atoms with van der Waals surface area (Å²) in [5.74, 6) is -2.71. The summed E-state index contributed by atoms with van der Waals surface area (Å²) >= 11 is 0. The lowest BCUT2D eigenvalue weighted by Crippen LogP contribution is -2.10. The zero-order valence-electron chi connectivity index (χ0n) is 9.26. The minimum atomic E-state index is -3.91. The van der Waals surface area contributed by atoms with E-state index in [-0.39, 0.29) is 24.2 Å². The summed E-state index contributed by atoms with van der Waals surface area (Å²) in [5.41, 5.74) is -0.296. The third-order valence-corrected chi connectivity index (χ3v) is 4.02. The molecule has 18 heavy (non-hydrogen) atoms.